The molecule has 134 valence electrons. The molecule has 1 heterocycles. The van der Waals surface area contributed by atoms with Gasteiger partial charge in [0, 0.05) is 23.5 Å². The van der Waals surface area contributed by atoms with Gasteiger partial charge in [0.25, 0.3) is 5.91 Å². The van der Waals surface area contributed by atoms with E-state index in [0.717, 1.165) is 16.5 Å². The predicted octanol–water partition coefficient (Wildman–Crippen LogP) is 3.39. The number of rotatable bonds is 4. The van der Waals surface area contributed by atoms with E-state index in [1.54, 1.807) is 24.3 Å². The van der Waals surface area contributed by atoms with Crippen molar-refractivity contribution in [3.63, 3.8) is 0 Å². The van der Waals surface area contributed by atoms with Crippen LogP contribution < -0.4 is 11.1 Å². The molecule has 0 spiro atoms. The first-order valence-electron chi connectivity index (χ1n) is 8.55. The molecule has 0 bridgehead atoms. The SMILES string of the molecule is Cc1cc2cc(C(=O)NC(C)c3ccc(C(N)=O)cc3)n(C)c2cc1C. The lowest BCUT2D eigenvalue weighted by Gasteiger charge is -2.15. The first kappa shape index (κ1) is 17.7. The number of nitrogens with two attached hydrogens (primary N) is 1. The number of hydrogen-bond acceptors (Lipinski definition) is 2. The summed E-state index contributed by atoms with van der Waals surface area (Å²) in [5, 5.41) is 4.07. The molecule has 0 saturated heterocycles. The molecule has 3 aromatic rings. The maximum atomic E-state index is 12.8. The van der Waals surface area contributed by atoms with E-state index in [1.807, 2.05) is 24.6 Å². The van der Waals surface area contributed by atoms with E-state index in [-0.39, 0.29) is 11.9 Å². The summed E-state index contributed by atoms with van der Waals surface area (Å²) in [6.45, 7) is 6.05. The molecule has 2 aromatic carbocycles. The van der Waals surface area contributed by atoms with Crippen LogP contribution in [0.2, 0.25) is 0 Å². The summed E-state index contributed by atoms with van der Waals surface area (Å²) in [6.07, 6.45) is 0. The monoisotopic (exact) mass is 349 g/mol. The van der Waals surface area contributed by atoms with Crippen molar-refractivity contribution >= 4 is 22.7 Å². The lowest BCUT2D eigenvalue weighted by atomic mass is 10.1. The second-order valence-corrected chi connectivity index (χ2v) is 6.77. The molecule has 5 heteroatoms. The van der Waals surface area contributed by atoms with Gasteiger partial charge in [-0.1, -0.05) is 12.1 Å². The quantitative estimate of drug-likeness (QED) is 0.757. The lowest BCUT2D eigenvalue weighted by molar-refractivity contribution is 0.0930. The third-order valence-corrected chi connectivity index (χ3v) is 4.93. The van der Waals surface area contributed by atoms with Crippen LogP contribution in [0.5, 0.6) is 0 Å². The van der Waals surface area contributed by atoms with Crippen LogP contribution in [0.15, 0.2) is 42.5 Å². The Labute approximate surface area is 152 Å². The van der Waals surface area contributed by atoms with Gasteiger partial charge in [-0.2, -0.15) is 0 Å². The Morgan fingerprint density at radius 1 is 1.04 bits per heavy atom. The van der Waals surface area contributed by atoms with Gasteiger partial charge in [-0.25, -0.2) is 0 Å². The average Bonchev–Trinajstić information content (AvgIpc) is 2.91. The molecule has 1 aromatic heterocycles. The van der Waals surface area contributed by atoms with E-state index >= 15 is 0 Å². The number of carbonyl (C=O) groups is 2. The topological polar surface area (TPSA) is 77.1 Å². The average molecular weight is 349 g/mol. The van der Waals surface area contributed by atoms with Crippen molar-refractivity contribution in [1.82, 2.24) is 9.88 Å². The number of carbonyl (C=O) groups excluding carboxylic acids is 2. The minimum absolute atomic E-state index is 0.134. The Hall–Kier alpha value is -3.08. The van der Waals surface area contributed by atoms with Crippen LogP contribution in [0.4, 0.5) is 0 Å². The van der Waals surface area contributed by atoms with E-state index in [4.69, 9.17) is 5.73 Å². The van der Waals surface area contributed by atoms with Gasteiger partial charge in [0.1, 0.15) is 5.69 Å². The van der Waals surface area contributed by atoms with Crippen molar-refractivity contribution in [3.05, 3.63) is 70.4 Å². The minimum Gasteiger partial charge on any atom is -0.366 e. The summed E-state index contributed by atoms with van der Waals surface area (Å²) in [7, 11) is 1.90. The van der Waals surface area contributed by atoms with Gasteiger partial charge >= 0.3 is 0 Å². The van der Waals surface area contributed by atoms with Gasteiger partial charge in [0.2, 0.25) is 5.91 Å². The molecule has 3 rings (SSSR count). The minimum atomic E-state index is -0.464. The number of fused-ring (bicyclic) bond motifs is 1. The smallest absolute Gasteiger partial charge is 0.268 e. The van der Waals surface area contributed by atoms with E-state index in [2.05, 4.69) is 31.3 Å². The van der Waals surface area contributed by atoms with Crippen LogP contribution in [0.1, 0.15) is 50.5 Å². The third kappa shape index (κ3) is 3.20. The van der Waals surface area contributed by atoms with E-state index in [9.17, 15) is 9.59 Å². The molecule has 26 heavy (non-hydrogen) atoms. The molecule has 1 unspecified atom stereocenters. The predicted molar refractivity (Wildman–Crippen MR) is 103 cm³/mol. The van der Waals surface area contributed by atoms with Gasteiger partial charge in [-0.05, 0) is 67.8 Å². The first-order valence-corrected chi connectivity index (χ1v) is 8.55. The molecule has 0 radical (unpaired) electrons. The fraction of sp³-hybridized carbons (Fsp3) is 0.238. The molecule has 5 nitrogen and oxygen atoms in total. The summed E-state index contributed by atoms with van der Waals surface area (Å²) in [4.78, 5) is 23.9. The number of amides is 2. The second kappa shape index (κ2) is 6.67. The molecule has 1 atom stereocenters. The zero-order valence-corrected chi connectivity index (χ0v) is 15.5. The van der Waals surface area contributed by atoms with Gasteiger partial charge in [0.05, 0.1) is 6.04 Å². The number of primary amides is 1. The van der Waals surface area contributed by atoms with Gasteiger partial charge in [-0.15, -0.1) is 0 Å². The van der Waals surface area contributed by atoms with Crippen molar-refractivity contribution in [2.45, 2.75) is 26.8 Å². The van der Waals surface area contributed by atoms with Crippen LogP contribution in [-0.4, -0.2) is 16.4 Å². The highest BCUT2D eigenvalue weighted by molar-refractivity contribution is 5.99. The van der Waals surface area contributed by atoms with E-state index in [0.29, 0.717) is 11.3 Å². The van der Waals surface area contributed by atoms with Crippen LogP contribution >= 0.6 is 0 Å². The first-order chi connectivity index (χ1) is 12.3. The largest absolute Gasteiger partial charge is 0.366 e. The molecule has 2 amide bonds. The van der Waals surface area contributed by atoms with Crippen LogP contribution in [0, 0.1) is 13.8 Å². The number of hydrogen-bond donors (Lipinski definition) is 2. The Morgan fingerprint density at radius 3 is 2.27 bits per heavy atom. The highest BCUT2D eigenvalue weighted by atomic mass is 16.2. The third-order valence-electron chi connectivity index (χ3n) is 4.93. The van der Waals surface area contributed by atoms with Gasteiger partial charge < -0.3 is 15.6 Å². The second-order valence-electron chi connectivity index (χ2n) is 6.77. The van der Waals surface area contributed by atoms with Crippen LogP contribution in [0.25, 0.3) is 10.9 Å². The summed E-state index contributed by atoms with van der Waals surface area (Å²) >= 11 is 0. The van der Waals surface area contributed by atoms with Gasteiger partial charge in [-0.3, -0.25) is 9.59 Å². The van der Waals surface area contributed by atoms with Crippen molar-refractivity contribution in [2.75, 3.05) is 0 Å². The van der Waals surface area contributed by atoms with Crippen molar-refractivity contribution in [1.29, 1.82) is 0 Å². The van der Waals surface area contributed by atoms with Crippen LogP contribution in [-0.2, 0) is 7.05 Å². The Bertz CT molecular complexity index is 1000. The molecule has 0 saturated carbocycles. The normalized spacial score (nSPS) is 12.2. The summed E-state index contributed by atoms with van der Waals surface area (Å²) in [6, 6.07) is 12.9. The molecule has 0 aliphatic heterocycles. The van der Waals surface area contributed by atoms with E-state index < -0.39 is 5.91 Å². The maximum Gasteiger partial charge on any atom is 0.268 e. The molecular formula is C21H23N3O2. The molecule has 3 N–H and O–H groups in total. The highest BCUT2D eigenvalue weighted by Crippen LogP contribution is 2.23. The van der Waals surface area contributed by atoms with Crippen molar-refractivity contribution in [2.24, 2.45) is 12.8 Å². The Balaban J connectivity index is 1.84. The summed E-state index contributed by atoms with van der Waals surface area (Å²) in [5.74, 6) is -0.597. The Morgan fingerprint density at radius 2 is 1.65 bits per heavy atom. The maximum absolute atomic E-state index is 12.8. The van der Waals surface area contributed by atoms with Crippen LogP contribution in [0.3, 0.4) is 0 Å². The number of aryl methyl sites for hydroxylation is 3. The molecule has 0 fully saturated rings. The lowest BCUT2D eigenvalue weighted by Crippen LogP contribution is -2.28. The summed E-state index contributed by atoms with van der Waals surface area (Å²) in [5.41, 5.74) is 10.7. The number of benzene rings is 2. The van der Waals surface area contributed by atoms with E-state index in [1.165, 1.54) is 11.1 Å². The number of nitrogens with zero attached hydrogens (tertiary/aromatic N) is 1. The fourth-order valence-electron chi connectivity index (χ4n) is 3.11. The zero-order chi connectivity index (χ0) is 19.0. The van der Waals surface area contributed by atoms with Crippen molar-refractivity contribution in [3.8, 4) is 0 Å². The molecule has 0 aliphatic rings. The fourth-order valence-corrected chi connectivity index (χ4v) is 3.11. The van der Waals surface area contributed by atoms with Crippen molar-refractivity contribution < 1.29 is 9.59 Å². The highest BCUT2D eigenvalue weighted by Gasteiger charge is 2.17. The Kier molecular flexibility index (Phi) is 4.55. The number of nitrogens with one attached hydrogen (secondary N) is 1. The summed E-state index contributed by atoms with van der Waals surface area (Å²) < 4.78 is 1.92. The standard InChI is InChI=1S/C21H23N3O2/c1-12-9-17-11-19(24(4)18(17)10-13(12)2)21(26)23-14(3)15-5-7-16(8-6-15)20(22)25/h5-11,14H,1-4H3,(H2,22,25)(H,23,26). The molecule has 0 aliphatic carbocycles. The number of aromatic nitrogens is 1. The molecular weight excluding hydrogens is 326 g/mol. The zero-order valence-electron chi connectivity index (χ0n) is 15.5. The van der Waals surface area contributed by atoms with Gasteiger partial charge in [0.15, 0.2) is 0 Å².